The van der Waals surface area contributed by atoms with Crippen LogP contribution in [0.25, 0.3) is 5.69 Å². The average molecular weight is 204 g/mol. The summed E-state index contributed by atoms with van der Waals surface area (Å²) in [7, 11) is 0. The number of anilines is 1. The predicted molar refractivity (Wildman–Crippen MR) is 54.6 cm³/mol. The number of nitro groups is 1. The highest BCUT2D eigenvalue weighted by Gasteiger charge is 2.05. The van der Waals surface area contributed by atoms with Gasteiger partial charge in [0.05, 0.1) is 10.6 Å². The van der Waals surface area contributed by atoms with Gasteiger partial charge < -0.3 is 5.73 Å². The first-order chi connectivity index (χ1) is 7.16. The molecule has 6 heteroatoms. The summed E-state index contributed by atoms with van der Waals surface area (Å²) >= 11 is 0. The first kappa shape index (κ1) is 9.20. The zero-order chi connectivity index (χ0) is 10.8. The van der Waals surface area contributed by atoms with Crippen LogP contribution in [-0.2, 0) is 0 Å². The second-order valence-corrected chi connectivity index (χ2v) is 2.96. The summed E-state index contributed by atoms with van der Waals surface area (Å²) in [5.74, 6) is 0.411. The summed E-state index contributed by atoms with van der Waals surface area (Å²) in [5.41, 5.74) is 6.24. The van der Waals surface area contributed by atoms with E-state index >= 15 is 0 Å². The van der Waals surface area contributed by atoms with Crippen LogP contribution in [0, 0.1) is 10.1 Å². The van der Waals surface area contributed by atoms with E-state index in [9.17, 15) is 10.1 Å². The third-order valence-electron chi connectivity index (χ3n) is 1.93. The Morgan fingerprint density at radius 3 is 2.40 bits per heavy atom. The molecule has 0 unspecified atom stereocenters. The fourth-order valence-corrected chi connectivity index (χ4v) is 1.21. The van der Waals surface area contributed by atoms with Crippen molar-refractivity contribution < 1.29 is 4.92 Å². The topological polar surface area (TPSA) is 87.0 Å². The molecule has 1 aromatic heterocycles. The van der Waals surface area contributed by atoms with E-state index in [2.05, 4.69) is 5.10 Å². The standard InChI is InChI=1S/C9H8N4O2/c10-9-5-6-12(11-9)7-1-3-8(4-2-7)13(14)15/h1-6H,(H2,10,11). The number of hydrogen-bond acceptors (Lipinski definition) is 4. The van der Waals surface area contributed by atoms with Crippen molar-refractivity contribution in [2.45, 2.75) is 0 Å². The summed E-state index contributed by atoms with van der Waals surface area (Å²) in [6.07, 6.45) is 1.69. The van der Waals surface area contributed by atoms with Gasteiger partial charge in [-0.15, -0.1) is 0 Å². The van der Waals surface area contributed by atoms with Crippen LogP contribution in [0.3, 0.4) is 0 Å². The maximum absolute atomic E-state index is 10.4. The number of non-ortho nitro benzene ring substituents is 1. The predicted octanol–water partition coefficient (Wildman–Crippen LogP) is 1.36. The molecule has 0 saturated heterocycles. The van der Waals surface area contributed by atoms with Gasteiger partial charge in [0.25, 0.3) is 5.69 Å². The van der Waals surface area contributed by atoms with Crippen molar-refractivity contribution in [3.8, 4) is 5.69 Å². The molecule has 0 fully saturated rings. The number of nitrogens with two attached hydrogens (primary N) is 1. The quantitative estimate of drug-likeness (QED) is 0.591. The minimum absolute atomic E-state index is 0.0545. The van der Waals surface area contributed by atoms with Gasteiger partial charge in [-0.25, -0.2) is 4.68 Å². The van der Waals surface area contributed by atoms with Crippen molar-refractivity contribution in [3.63, 3.8) is 0 Å². The number of nitro benzene ring substituents is 1. The Balaban J connectivity index is 2.35. The first-order valence-corrected chi connectivity index (χ1v) is 4.23. The van der Waals surface area contributed by atoms with Crippen molar-refractivity contribution in [3.05, 3.63) is 46.6 Å². The number of rotatable bonds is 2. The molecule has 0 aliphatic heterocycles. The fraction of sp³-hybridized carbons (Fsp3) is 0. The molecule has 1 heterocycles. The summed E-state index contributed by atoms with van der Waals surface area (Å²) < 4.78 is 1.55. The molecule has 0 atom stereocenters. The Bertz CT molecular complexity index is 489. The maximum Gasteiger partial charge on any atom is 0.269 e. The van der Waals surface area contributed by atoms with Crippen molar-refractivity contribution in [1.82, 2.24) is 9.78 Å². The van der Waals surface area contributed by atoms with E-state index in [4.69, 9.17) is 5.73 Å². The van der Waals surface area contributed by atoms with Crippen LogP contribution in [0.15, 0.2) is 36.5 Å². The van der Waals surface area contributed by atoms with Gasteiger partial charge in [0.15, 0.2) is 0 Å². The first-order valence-electron chi connectivity index (χ1n) is 4.23. The molecule has 0 radical (unpaired) electrons. The van der Waals surface area contributed by atoms with Gasteiger partial charge >= 0.3 is 0 Å². The Kier molecular flexibility index (Phi) is 2.09. The lowest BCUT2D eigenvalue weighted by atomic mass is 10.3. The molecular formula is C9H8N4O2. The highest BCUT2D eigenvalue weighted by Crippen LogP contribution is 2.14. The number of nitrogen functional groups attached to an aromatic ring is 1. The molecule has 15 heavy (non-hydrogen) atoms. The molecule has 6 nitrogen and oxygen atoms in total. The lowest BCUT2D eigenvalue weighted by Crippen LogP contribution is -1.96. The summed E-state index contributed by atoms with van der Waals surface area (Å²) in [5, 5.41) is 14.4. The molecular weight excluding hydrogens is 196 g/mol. The molecule has 76 valence electrons. The normalized spacial score (nSPS) is 10.1. The molecule has 0 amide bonds. The van der Waals surface area contributed by atoms with Crippen LogP contribution in [0.2, 0.25) is 0 Å². The SMILES string of the molecule is Nc1ccn(-c2ccc([N+](=O)[O-])cc2)n1. The maximum atomic E-state index is 10.4. The summed E-state index contributed by atoms with van der Waals surface area (Å²) in [6, 6.07) is 7.73. The highest BCUT2D eigenvalue weighted by molar-refractivity contribution is 5.41. The van der Waals surface area contributed by atoms with Gasteiger partial charge in [0, 0.05) is 24.4 Å². The van der Waals surface area contributed by atoms with Crippen LogP contribution in [0.1, 0.15) is 0 Å². The lowest BCUT2D eigenvalue weighted by Gasteiger charge is -1.99. The number of hydrogen-bond donors (Lipinski definition) is 1. The smallest absolute Gasteiger partial charge is 0.269 e. The van der Waals surface area contributed by atoms with Crippen molar-refractivity contribution in [2.75, 3.05) is 5.73 Å². The van der Waals surface area contributed by atoms with Gasteiger partial charge in [-0.3, -0.25) is 10.1 Å². The number of aromatic nitrogens is 2. The van der Waals surface area contributed by atoms with Gasteiger partial charge in [0.2, 0.25) is 0 Å². The van der Waals surface area contributed by atoms with Crippen LogP contribution in [0.5, 0.6) is 0 Å². The van der Waals surface area contributed by atoms with Gasteiger partial charge in [-0.2, -0.15) is 5.10 Å². The molecule has 1 aromatic carbocycles. The van der Waals surface area contributed by atoms with Crippen molar-refractivity contribution >= 4 is 11.5 Å². The van der Waals surface area contributed by atoms with E-state index in [0.29, 0.717) is 5.82 Å². The molecule has 2 aromatic rings. The Hall–Kier alpha value is -2.37. The molecule has 0 bridgehead atoms. The van der Waals surface area contributed by atoms with Crippen LogP contribution in [0.4, 0.5) is 11.5 Å². The zero-order valence-corrected chi connectivity index (χ0v) is 7.70. The van der Waals surface area contributed by atoms with Crippen LogP contribution < -0.4 is 5.73 Å². The molecule has 2 N–H and O–H groups in total. The third kappa shape index (κ3) is 1.78. The number of benzene rings is 1. The lowest BCUT2D eigenvalue weighted by molar-refractivity contribution is -0.384. The fourth-order valence-electron chi connectivity index (χ4n) is 1.21. The number of nitrogens with zero attached hydrogens (tertiary/aromatic N) is 3. The largest absolute Gasteiger partial charge is 0.382 e. The molecule has 0 aliphatic carbocycles. The molecule has 0 saturated carbocycles. The molecule has 0 aliphatic rings. The van der Waals surface area contributed by atoms with Crippen molar-refractivity contribution in [1.29, 1.82) is 0 Å². The highest BCUT2D eigenvalue weighted by atomic mass is 16.6. The summed E-state index contributed by atoms with van der Waals surface area (Å²) in [4.78, 5) is 9.97. The minimum atomic E-state index is -0.443. The van der Waals surface area contributed by atoms with E-state index in [-0.39, 0.29) is 5.69 Å². The molecule has 0 spiro atoms. The Morgan fingerprint density at radius 1 is 1.27 bits per heavy atom. The zero-order valence-electron chi connectivity index (χ0n) is 7.70. The van der Waals surface area contributed by atoms with Crippen LogP contribution >= 0.6 is 0 Å². The van der Waals surface area contributed by atoms with Gasteiger partial charge in [-0.1, -0.05) is 0 Å². The average Bonchev–Trinajstić information content (AvgIpc) is 2.65. The monoisotopic (exact) mass is 204 g/mol. The van der Waals surface area contributed by atoms with E-state index in [1.807, 2.05) is 0 Å². The minimum Gasteiger partial charge on any atom is -0.382 e. The summed E-state index contributed by atoms with van der Waals surface area (Å²) in [6.45, 7) is 0. The third-order valence-corrected chi connectivity index (χ3v) is 1.93. The van der Waals surface area contributed by atoms with E-state index in [1.54, 1.807) is 29.1 Å². The van der Waals surface area contributed by atoms with E-state index in [1.165, 1.54) is 12.1 Å². The Morgan fingerprint density at radius 2 is 1.93 bits per heavy atom. The Labute approximate surface area is 85.1 Å². The van der Waals surface area contributed by atoms with E-state index < -0.39 is 4.92 Å². The van der Waals surface area contributed by atoms with Crippen molar-refractivity contribution in [2.24, 2.45) is 0 Å². The molecule has 2 rings (SSSR count). The van der Waals surface area contributed by atoms with Crippen LogP contribution in [-0.4, -0.2) is 14.7 Å². The van der Waals surface area contributed by atoms with Gasteiger partial charge in [-0.05, 0) is 12.1 Å². The second kappa shape index (κ2) is 3.41. The second-order valence-electron chi connectivity index (χ2n) is 2.96. The van der Waals surface area contributed by atoms with Gasteiger partial charge in [0.1, 0.15) is 5.82 Å². The van der Waals surface area contributed by atoms with E-state index in [0.717, 1.165) is 5.69 Å².